The van der Waals surface area contributed by atoms with Crippen LogP contribution in [0, 0.1) is 0 Å². The molecular weight excluding hydrogens is 395 g/mol. The van der Waals surface area contributed by atoms with Gasteiger partial charge in [0.05, 0.1) is 13.2 Å². The Morgan fingerprint density at radius 1 is 1.32 bits per heavy atom. The van der Waals surface area contributed by atoms with Gasteiger partial charge < -0.3 is 19.7 Å². The predicted molar refractivity (Wildman–Crippen MR) is 100 cm³/mol. The zero-order valence-electron chi connectivity index (χ0n) is 13.9. The van der Waals surface area contributed by atoms with Crippen molar-refractivity contribution in [1.29, 1.82) is 0 Å². The van der Waals surface area contributed by atoms with E-state index in [9.17, 15) is 0 Å². The van der Waals surface area contributed by atoms with Gasteiger partial charge in [0.15, 0.2) is 5.96 Å². The molecule has 2 rings (SSSR count). The molecule has 0 radical (unpaired) electrons. The van der Waals surface area contributed by atoms with Crippen molar-refractivity contribution in [2.75, 3.05) is 66.2 Å². The number of guanidine groups is 1. The van der Waals surface area contributed by atoms with E-state index in [-0.39, 0.29) is 24.0 Å². The van der Waals surface area contributed by atoms with Gasteiger partial charge in [-0.3, -0.25) is 9.89 Å². The number of halogens is 1. The summed E-state index contributed by atoms with van der Waals surface area (Å²) in [7, 11) is 1.87. The van der Waals surface area contributed by atoms with Gasteiger partial charge in [-0.05, 0) is 19.8 Å². The number of aliphatic imine (C=N–C) groups is 1. The molecule has 2 aliphatic heterocycles. The second kappa shape index (κ2) is 11.4. The van der Waals surface area contributed by atoms with E-state index in [4.69, 9.17) is 9.47 Å². The summed E-state index contributed by atoms with van der Waals surface area (Å²) in [5, 5.41) is 3.45. The third-order valence-electron chi connectivity index (χ3n) is 4.19. The quantitative estimate of drug-likeness (QED) is 0.298. The fraction of sp³-hybridized carbons (Fsp3) is 0.933. The average molecular weight is 426 g/mol. The first kappa shape index (κ1) is 19.9. The highest BCUT2D eigenvalue weighted by molar-refractivity contribution is 14.0. The minimum Gasteiger partial charge on any atom is -0.382 e. The van der Waals surface area contributed by atoms with Gasteiger partial charge in [-0.2, -0.15) is 0 Å². The van der Waals surface area contributed by atoms with E-state index >= 15 is 0 Å². The molecule has 2 fully saturated rings. The van der Waals surface area contributed by atoms with Crippen molar-refractivity contribution in [3.05, 3.63) is 0 Å². The van der Waals surface area contributed by atoms with Gasteiger partial charge in [-0.25, -0.2) is 0 Å². The van der Waals surface area contributed by atoms with Crippen molar-refractivity contribution < 1.29 is 9.47 Å². The van der Waals surface area contributed by atoms with Crippen molar-refractivity contribution in [2.24, 2.45) is 4.99 Å². The molecule has 7 heteroatoms. The third-order valence-corrected chi connectivity index (χ3v) is 4.19. The van der Waals surface area contributed by atoms with Gasteiger partial charge in [-0.1, -0.05) is 0 Å². The molecule has 0 amide bonds. The van der Waals surface area contributed by atoms with E-state index in [1.54, 1.807) is 0 Å². The number of hydrogen-bond acceptors (Lipinski definition) is 4. The lowest BCUT2D eigenvalue weighted by molar-refractivity contribution is 0.0195. The number of ether oxygens (including phenoxy) is 2. The Morgan fingerprint density at radius 2 is 2.09 bits per heavy atom. The van der Waals surface area contributed by atoms with Crippen LogP contribution in [-0.4, -0.2) is 88.0 Å². The normalized spacial score (nSPS) is 23.5. The van der Waals surface area contributed by atoms with Crippen molar-refractivity contribution in [1.82, 2.24) is 15.1 Å². The molecule has 0 bridgehead atoms. The van der Waals surface area contributed by atoms with Gasteiger partial charge in [0.2, 0.25) is 0 Å². The lowest BCUT2D eigenvalue weighted by atomic mass is 10.2. The Labute approximate surface area is 151 Å². The summed E-state index contributed by atoms with van der Waals surface area (Å²) in [5.41, 5.74) is 0. The highest BCUT2D eigenvalue weighted by Crippen LogP contribution is 2.16. The van der Waals surface area contributed by atoms with Crippen molar-refractivity contribution in [2.45, 2.75) is 25.8 Å². The summed E-state index contributed by atoms with van der Waals surface area (Å²) in [6.07, 6.45) is 2.24. The predicted octanol–water partition coefficient (Wildman–Crippen LogP) is 1.01. The van der Waals surface area contributed by atoms with E-state index < -0.39 is 0 Å². The van der Waals surface area contributed by atoms with E-state index in [0.29, 0.717) is 6.04 Å². The van der Waals surface area contributed by atoms with Crippen molar-refractivity contribution in [3.63, 3.8) is 0 Å². The van der Waals surface area contributed by atoms with Crippen LogP contribution in [0.1, 0.15) is 19.8 Å². The maximum Gasteiger partial charge on any atom is 0.193 e. The summed E-state index contributed by atoms with van der Waals surface area (Å²) >= 11 is 0. The highest BCUT2D eigenvalue weighted by Gasteiger charge is 2.30. The Balaban J connectivity index is 0.00000242. The summed E-state index contributed by atoms with van der Waals surface area (Å²) in [6, 6.07) is 0.649. The van der Waals surface area contributed by atoms with Crippen molar-refractivity contribution >= 4 is 29.9 Å². The van der Waals surface area contributed by atoms with E-state index in [2.05, 4.69) is 20.1 Å². The Morgan fingerprint density at radius 3 is 2.77 bits per heavy atom. The molecule has 0 spiro atoms. The summed E-state index contributed by atoms with van der Waals surface area (Å²) < 4.78 is 10.8. The molecule has 0 aromatic heterocycles. The first-order chi connectivity index (χ1) is 10.3. The molecule has 0 aromatic carbocycles. The molecule has 130 valence electrons. The molecule has 6 nitrogen and oxygen atoms in total. The van der Waals surface area contributed by atoms with E-state index in [0.717, 1.165) is 71.5 Å². The van der Waals surface area contributed by atoms with Crippen LogP contribution in [-0.2, 0) is 9.47 Å². The summed E-state index contributed by atoms with van der Waals surface area (Å²) in [5.74, 6) is 1.03. The fourth-order valence-corrected chi connectivity index (χ4v) is 3.03. The van der Waals surface area contributed by atoms with Gasteiger partial charge in [0.1, 0.15) is 0 Å². The van der Waals surface area contributed by atoms with Crippen LogP contribution in [0.25, 0.3) is 0 Å². The van der Waals surface area contributed by atoms with Crippen LogP contribution in [0.5, 0.6) is 0 Å². The smallest absolute Gasteiger partial charge is 0.193 e. The monoisotopic (exact) mass is 426 g/mol. The van der Waals surface area contributed by atoms with Crippen LogP contribution in [0.4, 0.5) is 0 Å². The van der Waals surface area contributed by atoms with E-state index in [1.807, 2.05) is 14.0 Å². The number of hydrogen-bond donors (Lipinski definition) is 1. The zero-order valence-corrected chi connectivity index (χ0v) is 16.3. The number of morpholine rings is 1. The van der Waals surface area contributed by atoms with Crippen LogP contribution >= 0.6 is 24.0 Å². The zero-order chi connectivity index (χ0) is 14.9. The Kier molecular flexibility index (Phi) is 10.3. The molecule has 1 unspecified atom stereocenters. The summed E-state index contributed by atoms with van der Waals surface area (Å²) in [4.78, 5) is 9.35. The lowest BCUT2D eigenvalue weighted by Gasteiger charge is -2.32. The second-order valence-corrected chi connectivity index (χ2v) is 5.56. The largest absolute Gasteiger partial charge is 0.382 e. The van der Waals surface area contributed by atoms with Crippen LogP contribution < -0.4 is 5.32 Å². The average Bonchev–Trinajstić information content (AvgIpc) is 3.01. The fourth-order valence-electron chi connectivity index (χ4n) is 3.03. The first-order valence-corrected chi connectivity index (χ1v) is 8.20. The molecule has 0 aromatic rings. The van der Waals surface area contributed by atoms with Crippen LogP contribution in [0.2, 0.25) is 0 Å². The highest BCUT2D eigenvalue weighted by atomic mass is 127. The molecule has 1 atom stereocenters. The number of rotatable bonds is 6. The molecule has 1 N–H and O–H groups in total. The molecule has 2 saturated heterocycles. The molecule has 2 aliphatic rings. The maximum atomic E-state index is 5.44. The third kappa shape index (κ3) is 6.17. The van der Waals surface area contributed by atoms with Crippen LogP contribution in [0.3, 0.4) is 0 Å². The molecular formula is C15H31IN4O2. The van der Waals surface area contributed by atoms with Gasteiger partial charge in [0, 0.05) is 59.0 Å². The maximum absolute atomic E-state index is 5.44. The Hall–Kier alpha value is -0.120. The lowest BCUT2D eigenvalue weighted by Crippen LogP contribution is -2.46. The number of likely N-dealkylation sites (tertiary alicyclic amines) is 1. The topological polar surface area (TPSA) is 49.3 Å². The van der Waals surface area contributed by atoms with E-state index in [1.165, 1.54) is 6.42 Å². The minimum atomic E-state index is 0. The van der Waals surface area contributed by atoms with Gasteiger partial charge in [0.25, 0.3) is 0 Å². The molecule has 2 heterocycles. The van der Waals surface area contributed by atoms with Crippen molar-refractivity contribution in [3.8, 4) is 0 Å². The first-order valence-electron chi connectivity index (χ1n) is 8.20. The molecule has 22 heavy (non-hydrogen) atoms. The minimum absolute atomic E-state index is 0. The van der Waals surface area contributed by atoms with Gasteiger partial charge in [-0.15, -0.1) is 24.0 Å². The molecule has 0 aliphatic carbocycles. The van der Waals surface area contributed by atoms with Gasteiger partial charge >= 0.3 is 0 Å². The Bertz CT molecular complexity index is 325. The standard InChI is InChI=1S/C15H30N4O2.HI/c1-3-20-10-4-6-17-15(16-2)19-7-5-14(13-19)18-8-11-21-12-9-18;/h14H,3-13H2,1-2H3,(H,16,17);1H. The summed E-state index contributed by atoms with van der Waals surface area (Å²) in [6.45, 7) is 10.6. The second-order valence-electron chi connectivity index (χ2n) is 5.56. The molecule has 0 saturated carbocycles. The SMILES string of the molecule is CCOCCCNC(=NC)N1CCC(N2CCOCC2)C1.I. The van der Waals surface area contributed by atoms with Crippen LogP contribution in [0.15, 0.2) is 4.99 Å². The number of nitrogens with zero attached hydrogens (tertiary/aromatic N) is 3. The number of nitrogens with one attached hydrogen (secondary N) is 1.